The van der Waals surface area contributed by atoms with Gasteiger partial charge in [0.15, 0.2) is 0 Å². The highest BCUT2D eigenvalue weighted by Gasteiger charge is 2.49. The predicted molar refractivity (Wildman–Crippen MR) is 152 cm³/mol. The molecule has 3 aromatic rings. The molecule has 41 heavy (non-hydrogen) atoms. The molecular weight excluding hydrogens is 569 g/mol. The van der Waals surface area contributed by atoms with Crippen LogP contribution in [0.25, 0.3) is 0 Å². The van der Waals surface area contributed by atoms with Gasteiger partial charge in [0.1, 0.15) is 0 Å². The predicted octanol–water partition coefficient (Wildman–Crippen LogP) is 5.73. The van der Waals surface area contributed by atoms with E-state index < -0.39 is 35.9 Å². The monoisotopic (exact) mass is 595 g/mol. The average molecular weight is 596 g/mol. The van der Waals surface area contributed by atoms with Crippen LogP contribution in [0.4, 0.5) is 0 Å². The first-order valence-corrected chi connectivity index (χ1v) is 14.0. The number of aliphatic hydroxyl groups is 1. The van der Waals surface area contributed by atoms with Crippen molar-refractivity contribution in [3.63, 3.8) is 0 Å². The second-order valence-corrected chi connectivity index (χ2v) is 11.0. The fraction of sp³-hybridized carbons (Fsp3) is 0.300. The summed E-state index contributed by atoms with van der Waals surface area (Å²) in [6.07, 6.45) is 2.03. The third-order valence-electron chi connectivity index (χ3n) is 7.66. The number of hydroxylamine groups is 1. The van der Waals surface area contributed by atoms with Crippen LogP contribution in [-0.2, 0) is 16.2 Å². The molecule has 11 heteroatoms. The Morgan fingerprint density at radius 2 is 1.78 bits per heavy atom. The zero-order valence-electron chi connectivity index (χ0n) is 21.8. The van der Waals surface area contributed by atoms with Crippen molar-refractivity contribution in [2.75, 3.05) is 0 Å². The van der Waals surface area contributed by atoms with Gasteiger partial charge >= 0.3 is 5.91 Å². The molecule has 0 unspecified atom stereocenters. The van der Waals surface area contributed by atoms with Crippen molar-refractivity contribution in [1.82, 2.24) is 10.4 Å². The van der Waals surface area contributed by atoms with Crippen LogP contribution < -0.4 is 5.48 Å². The van der Waals surface area contributed by atoms with E-state index in [1.807, 2.05) is 0 Å². The van der Waals surface area contributed by atoms with E-state index in [4.69, 9.17) is 28.0 Å². The number of aliphatic hydroxyl groups excluding tert-OH is 1. The van der Waals surface area contributed by atoms with Crippen molar-refractivity contribution in [3.05, 3.63) is 109 Å². The number of hydrogen-bond donors (Lipinski definition) is 2. The van der Waals surface area contributed by atoms with Crippen molar-refractivity contribution >= 4 is 40.9 Å². The number of carbonyl (C=O) groups excluding carboxylic acids is 3. The highest BCUT2D eigenvalue weighted by Crippen LogP contribution is 2.47. The molecule has 0 saturated heterocycles. The molecule has 0 bridgehead atoms. The molecule has 4 atom stereocenters. The maximum atomic E-state index is 14.0. The second kappa shape index (κ2) is 12.5. The first-order chi connectivity index (χ1) is 19.8. The molecular formula is C30H27Cl2N3O6. The highest BCUT2D eigenvalue weighted by atomic mass is 35.5. The smallest absolute Gasteiger partial charge is 0.316 e. The minimum absolute atomic E-state index is 0.101. The zero-order valence-corrected chi connectivity index (χ0v) is 23.3. The van der Waals surface area contributed by atoms with E-state index >= 15 is 0 Å². The Bertz CT molecular complexity index is 1500. The van der Waals surface area contributed by atoms with Crippen LogP contribution in [0, 0.1) is 4.91 Å². The van der Waals surface area contributed by atoms with Gasteiger partial charge < -0.3 is 10.0 Å². The van der Waals surface area contributed by atoms with Gasteiger partial charge in [-0.15, -0.1) is 4.91 Å². The molecule has 3 aromatic carbocycles. The van der Waals surface area contributed by atoms with Gasteiger partial charge in [-0.05, 0) is 59.9 Å². The summed E-state index contributed by atoms with van der Waals surface area (Å²) in [5, 5.41) is 14.1. The molecule has 1 fully saturated rings. The number of nitroso groups, excluding NO2 is 1. The van der Waals surface area contributed by atoms with E-state index in [2.05, 4.69) is 10.7 Å². The number of fused-ring (bicyclic) bond motifs is 1. The summed E-state index contributed by atoms with van der Waals surface area (Å²) in [4.78, 5) is 57.4. The lowest BCUT2D eigenvalue weighted by molar-refractivity contribution is -0.138. The first-order valence-electron chi connectivity index (χ1n) is 13.2. The molecule has 9 nitrogen and oxygen atoms in total. The van der Waals surface area contributed by atoms with Crippen LogP contribution in [0.3, 0.4) is 0 Å². The summed E-state index contributed by atoms with van der Waals surface area (Å²) < 4.78 is 0. The van der Waals surface area contributed by atoms with E-state index in [1.165, 1.54) is 12.1 Å². The van der Waals surface area contributed by atoms with E-state index in [0.29, 0.717) is 40.1 Å². The van der Waals surface area contributed by atoms with Crippen molar-refractivity contribution < 1.29 is 24.3 Å². The Hall–Kier alpha value is -3.63. The van der Waals surface area contributed by atoms with Gasteiger partial charge in [0.05, 0.1) is 30.7 Å². The Morgan fingerprint density at radius 3 is 2.54 bits per heavy atom. The molecule has 2 N–H and O–H groups in total. The standard InChI is InChI=1S/C30H27Cl2N3O6/c31-19-12-13-22(23(32)15-19)27-26(29(38)34-41-16-17-6-5-7-18(14-17)28(37)33-40)20-8-1-2-9-21(20)30(39)35(27)24-10-3-4-11-25(24)36/h1-2,5-9,12-15,24-27,36H,3-4,10-11,16H2,(H,34,38)/t24-,25-,26+,27-/m0/s1. The molecule has 1 aliphatic heterocycles. The normalized spacial score (nSPS) is 22.1. The molecule has 0 spiro atoms. The fourth-order valence-electron chi connectivity index (χ4n) is 5.79. The quantitative estimate of drug-likeness (QED) is 0.265. The Kier molecular flexibility index (Phi) is 8.79. The van der Waals surface area contributed by atoms with Gasteiger partial charge in [0.25, 0.3) is 11.8 Å². The minimum Gasteiger partial charge on any atom is -0.391 e. The number of carbonyl (C=O) groups is 3. The van der Waals surface area contributed by atoms with Crippen molar-refractivity contribution in [2.45, 2.75) is 56.4 Å². The van der Waals surface area contributed by atoms with Gasteiger partial charge in [-0.3, -0.25) is 19.2 Å². The van der Waals surface area contributed by atoms with Crippen LogP contribution in [0.15, 0.2) is 71.9 Å². The van der Waals surface area contributed by atoms with E-state index in [1.54, 1.807) is 59.5 Å². The third-order valence-corrected chi connectivity index (χ3v) is 8.22. The van der Waals surface area contributed by atoms with Gasteiger partial charge in [0, 0.05) is 26.3 Å². The lowest BCUT2D eigenvalue weighted by atomic mass is 9.77. The molecule has 0 aromatic heterocycles. The fourth-order valence-corrected chi connectivity index (χ4v) is 6.31. The highest BCUT2D eigenvalue weighted by molar-refractivity contribution is 6.35. The largest absolute Gasteiger partial charge is 0.391 e. The number of benzene rings is 3. The maximum Gasteiger partial charge on any atom is 0.316 e. The molecule has 1 heterocycles. The number of nitrogens with zero attached hydrogens (tertiary/aromatic N) is 2. The molecule has 3 amide bonds. The second-order valence-electron chi connectivity index (χ2n) is 10.2. The van der Waals surface area contributed by atoms with Gasteiger partial charge in [-0.1, -0.05) is 72.4 Å². The molecule has 1 saturated carbocycles. The number of nitrogens with one attached hydrogen (secondary N) is 1. The molecule has 212 valence electrons. The number of halogens is 2. The Morgan fingerprint density at radius 1 is 1.00 bits per heavy atom. The van der Waals surface area contributed by atoms with Crippen molar-refractivity contribution in [3.8, 4) is 0 Å². The molecule has 1 aliphatic carbocycles. The number of amides is 3. The molecule has 2 aliphatic rings. The minimum atomic E-state index is -0.941. The van der Waals surface area contributed by atoms with Crippen LogP contribution in [0.5, 0.6) is 0 Å². The van der Waals surface area contributed by atoms with Crippen LogP contribution >= 0.6 is 23.2 Å². The summed E-state index contributed by atoms with van der Waals surface area (Å²) >= 11 is 12.9. The lowest BCUT2D eigenvalue weighted by Crippen LogP contribution is -2.55. The average Bonchev–Trinajstić information content (AvgIpc) is 2.97. The molecule has 0 radical (unpaired) electrons. The third kappa shape index (κ3) is 5.90. The zero-order chi connectivity index (χ0) is 29.1. The van der Waals surface area contributed by atoms with E-state index in [-0.39, 0.29) is 23.1 Å². The van der Waals surface area contributed by atoms with Crippen LogP contribution in [-0.4, -0.2) is 39.9 Å². The Labute approximate surface area is 246 Å². The maximum absolute atomic E-state index is 14.0. The summed E-state index contributed by atoms with van der Waals surface area (Å²) in [6, 6.07) is 16.6. The number of rotatable bonds is 7. The first kappa shape index (κ1) is 28.9. The Balaban J connectivity index is 1.52. The summed E-state index contributed by atoms with van der Waals surface area (Å²) in [7, 11) is 0. The van der Waals surface area contributed by atoms with Crippen LogP contribution in [0.2, 0.25) is 10.0 Å². The van der Waals surface area contributed by atoms with Gasteiger partial charge in [-0.2, -0.15) is 0 Å². The van der Waals surface area contributed by atoms with Crippen LogP contribution in [0.1, 0.15) is 75.0 Å². The van der Waals surface area contributed by atoms with Crippen molar-refractivity contribution in [1.29, 1.82) is 0 Å². The summed E-state index contributed by atoms with van der Waals surface area (Å²) in [5.41, 5.74) is 4.52. The topological polar surface area (TPSA) is 125 Å². The van der Waals surface area contributed by atoms with Gasteiger partial charge in [-0.25, -0.2) is 5.48 Å². The van der Waals surface area contributed by atoms with Gasteiger partial charge in [0.2, 0.25) is 0 Å². The number of hydrogen-bond acceptors (Lipinski definition) is 6. The van der Waals surface area contributed by atoms with E-state index in [0.717, 1.165) is 12.8 Å². The summed E-state index contributed by atoms with van der Waals surface area (Å²) in [6.45, 7) is -0.101. The van der Waals surface area contributed by atoms with E-state index in [9.17, 15) is 24.4 Å². The van der Waals surface area contributed by atoms with Crippen molar-refractivity contribution in [2.24, 2.45) is 5.18 Å². The SMILES string of the molecule is O=NC(=O)c1cccc(CONC(=O)[C@@H]2c3ccccc3C(=O)N([C@H]3CCCC[C@@H]3O)[C@H]2c2ccc(Cl)cc2Cl)c1. The molecule has 5 rings (SSSR count). The lowest BCUT2D eigenvalue weighted by Gasteiger charge is -2.48. The summed E-state index contributed by atoms with van der Waals surface area (Å²) in [5.74, 6) is -2.67.